The smallest absolute Gasteiger partial charge is 0.319 e. The molecule has 1 rings (SSSR count). The van der Waals surface area contributed by atoms with Gasteiger partial charge in [-0.3, -0.25) is 14.5 Å². The van der Waals surface area contributed by atoms with Gasteiger partial charge in [-0.2, -0.15) is 0 Å². The summed E-state index contributed by atoms with van der Waals surface area (Å²) in [4.78, 5) is 26.2. The van der Waals surface area contributed by atoms with Crippen LogP contribution in [0.2, 0.25) is 0 Å². The second-order valence-corrected chi connectivity index (χ2v) is 6.40. The molecule has 0 aliphatic carbocycles. The van der Waals surface area contributed by atoms with Gasteiger partial charge >= 0.3 is 5.97 Å². The monoisotopic (exact) mass is 285 g/mol. The van der Waals surface area contributed by atoms with Crippen molar-refractivity contribution in [2.24, 2.45) is 5.41 Å². The summed E-state index contributed by atoms with van der Waals surface area (Å²) in [6.45, 7) is 8.77. The molecular weight excluding hydrogens is 258 g/mol. The topological polar surface area (TPSA) is 66.8 Å². The molecule has 1 saturated heterocycles. The van der Waals surface area contributed by atoms with Crippen LogP contribution in [0.25, 0.3) is 0 Å². The number of Topliss-reactive ketones (excluding diaryl/α,β-unsaturated/α-hetero) is 1. The molecule has 20 heavy (non-hydrogen) atoms. The molecule has 1 atom stereocenters. The zero-order valence-electron chi connectivity index (χ0n) is 13.1. The number of rotatable bonds is 5. The van der Waals surface area contributed by atoms with E-state index < -0.39 is 17.0 Å². The van der Waals surface area contributed by atoms with Crippen molar-refractivity contribution in [1.82, 2.24) is 4.90 Å². The molecule has 0 aromatic heterocycles. The SMILES string of the molecule is CCOC(=O)C(C)(C)C(=O)CN1CCCC(C)(O)CC1. The van der Waals surface area contributed by atoms with E-state index in [1.54, 1.807) is 20.8 Å². The van der Waals surface area contributed by atoms with Crippen LogP contribution in [0.3, 0.4) is 0 Å². The van der Waals surface area contributed by atoms with Crippen molar-refractivity contribution in [2.45, 2.75) is 52.6 Å². The van der Waals surface area contributed by atoms with E-state index in [0.717, 1.165) is 19.4 Å². The van der Waals surface area contributed by atoms with Gasteiger partial charge in [0, 0.05) is 6.54 Å². The molecule has 0 saturated carbocycles. The van der Waals surface area contributed by atoms with E-state index in [0.29, 0.717) is 13.0 Å². The second kappa shape index (κ2) is 6.68. The van der Waals surface area contributed by atoms with Crippen molar-refractivity contribution < 1.29 is 19.4 Å². The fourth-order valence-corrected chi connectivity index (χ4v) is 2.30. The van der Waals surface area contributed by atoms with Crippen molar-refractivity contribution >= 4 is 11.8 Å². The predicted molar refractivity (Wildman–Crippen MR) is 76.3 cm³/mol. The van der Waals surface area contributed by atoms with Crippen LogP contribution in [0.1, 0.15) is 47.0 Å². The predicted octanol–water partition coefficient (Wildman–Crippen LogP) is 1.38. The van der Waals surface area contributed by atoms with Gasteiger partial charge in [-0.25, -0.2) is 0 Å². The summed E-state index contributed by atoms with van der Waals surface area (Å²) in [7, 11) is 0. The summed E-state index contributed by atoms with van der Waals surface area (Å²) in [5.41, 5.74) is -1.75. The Morgan fingerprint density at radius 1 is 1.30 bits per heavy atom. The number of carbonyl (C=O) groups is 2. The van der Waals surface area contributed by atoms with Gasteiger partial charge in [0.15, 0.2) is 5.78 Å². The van der Waals surface area contributed by atoms with Gasteiger partial charge < -0.3 is 9.84 Å². The van der Waals surface area contributed by atoms with Crippen molar-refractivity contribution in [2.75, 3.05) is 26.2 Å². The number of hydrogen-bond acceptors (Lipinski definition) is 5. The minimum Gasteiger partial charge on any atom is -0.465 e. The minimum atomic E-state index is -1.11. The third kappa shape index (κ3) is 4.56. The van der Waals surface area contributed by atoms with E-state index in [2.05, 4.69) is 0 Å². The fourth-order valence-electron chi connectivity index (χ4n) is 2.30. The first-order chi connectivity index (χ1) is 9.19. The lowest BCUT2D eigenvalue weighted by Gasteiger charge is -2.26. The largest absolute Gasteiger partial charge is 0.465 e. The number of carbonyl (C=O) groups excluding carboxylic acids is 2. The Morgan fingerprint density at radius 2 is 1.95 bits per heavy atom. The molecule has 5 nitrogen and oxygen atoms in total. The van der Waals surface area contributed by atoms with Crippen LogP contribution in [0, 0.1) is 5.41 Å². The van der Waals surface area contributed by atoms with Gasteiger partial charge in [-0.15, -0.1) is 0 Å². The summed E-state index contributed by atoms with van der Waals surface area (Å²) in [6, 6.07) is 0. The third-order valence-electron chi connectivity index (χ3n) is 4.01. The van der Waals surface area contributed by atoms with Crippen LogP contribution in [0.4, 0.5) is 0 Å². The van der Waals surface area contributed by atoms with Gasteiger partial charge in [0.2, 0.25) is 0 Å². The molecule has 1 unspecified atom stereocenters. The Morgan fingerprint density at radius 3 is 2.55 bits per heavy atom. The first-order valence-electron chi connectivity index (χ1n) is 7.34. The van der Waals surface area contributed by atoms with E-state index in [9.17, 15) is 14.7 Å². The van der Waals surface area contributed by atoms with Crippen molar-refractivity contribution in [3.8, 4) is 0 Å². The van der Waals surface area contributed by atoms with E-state index in [1.165, 1.54) is 0 Å². The summed E-state index contributed by atoms with van der Waals surface area (Å²) >= 11 is 0. The zero-order valence-corrected chi connectivity index (χ0v) is 13.1. The van der Waals surface area contributed by atoms with Crippen molar-refractivity contribution in [3.05, 3.63) is 0 Å². The highest BCUT2D eigenvalue weighted by molar-refractivity contribution is 6.03. The average molecular weight is 285 g/mol. The van der Waals surface area contributed by atoms with Crippen molar-refractivity contribution in [3.63, 3.8) is 0 Å². The molecule has 0 bridgehead atoms. The maximum atomic E-state index is 12.3. The average Bonchev–Trinajstić information content (AvgIpc) is 2.51. The molecular formula is C15H27NO4. The molecule has 0 aromatic carbocycles. The molecule has 1 aliphatic rings. The fraction of sp³-hybridized carbons (Fsp3) is 0.867. The molecule has 1 aliphatic heterocycles. The standard InChI is InChI=1S/C15H27NO4/c1-5-20-13(18)14(2,3)12(17)11-16-9-6-7-15(4,19)8-10-16/h19H,5-11H2,1-4H3. The number of esters is 1. The summed E-state index contributed by atoms with van der Waals surface area (Å²) < 4.78 is 4.96. The van der Waals surface area contributed by atoms with E-state index in [4.69, 9.17) is 4.74 Å². The van der Waals surface area contributed by atoms with Gasteiger partial charge in [0.1, 0.15) is 5.41 Å². The third-order valence-corrected chi connectivity index (χ3v) is 4.01. The van der Waals surface area contributed by atoms with E-state index in [1.807, 2.05) is 11.8 Å². The molecule has 116 valence electrons. The lowest BCUT2D eigenvalue weighted by atomic mass is 9.87. The van der Waals surface area contributed by atoms with Crippen LogP contribution in [0.5, 0.6) is 0 Å². The van der Waals surface area contributed by atoms with Crippen LogP contribution in [-0.2, 0) is 14.3 Å². The Balaban J connectivity index is 2.59. The Kier molecular flexibility index (Phi) is 5.71. The minimum absolute atomic E-state index is 0.127. The Hall–Kier alpha value is -0.940. The van der Waals surface area contributed by atoms with Gasteiger partial charge in [0.05, 0.1) is 18.8 Å². The van der Waals surface area contributed by atoms with Crippen LogP contribution in [-0.4, -0.2) is 53.6 Å². The number of likely N-dealkylation sites (tertiary alicyclic amines) is 1. The highest BCUT2D eigenvalue weighted by Gasteiger charge is 2.38. The van der Waals surface area contributed by atoms with Crippen LogP contribution < -0.4 is 0 Å². The quantitative estimate of drug-likeness (QED) is 0.610. The maximum Gasteiger partial charge on any atom is 0.319 e. The van der Waals surface area contributed by atoms with Crippen LogP contribution in [0.15, 0.2) is 0 Å². The molecule has 0 radical (unpaired) electrons. The summed E-state index contributed by atoms with van der Waals surface area (Å²) in [6.07, 6.45) is 2.26. The highest BCUT2D eigenvalue weighted by atomic mass is 16.5. The molecule has 0 aromatic rings. The summed E-state index contributed by atoms with van der Waals surface area (Å²) in [5.74, 6) is -0.593. The Bertz CT molecular complexity index is 363. The lowest BCUT2D eigenvalue weighted by molar-refractivity contribution is -0.158. The number of ether oxygens (including phenoxy) is 1. The van der Waals surface area contributed by atoms with Crippen LogP contribution >= 0.6 is 0 Å². The first kappa shape index (κ1) is 17.1. The number of aliphatic hydroxyl groups is 1. The lowest BCUT2D eigenvalue weighted by Crippen LogP contribution is -2.42. The molecule has 1 fully saturated rings. The van der Waals surface area contributed by atoms with Crippen molar-refractivity contribution in [1.29, 1.82) is 0 Å². The molecule has 0 spiro atoms. The zero-order chi connectivity index (χ0) is 15.4. The number of hydrogen-bond donors (Lipinski definition) is 1. The number of nitrogens with zero attached hydrogens (tertiary/aromatic N) is 1. The number of ketones is 1. The maximum absolute atomic E-state index is 12.3. The van der Waals surface area contributed by atoms with E-state index >= 15 is 0 Å². The van der Waals surface area contributed by atoms with Gasteiger partial charge in [-0.1, -0.05) is 0 Å². The normalized spacial score (nSPS) is 25.1. The summed E-state index contributed by atoms with van der Waals surface area (Å²) in [5, 5.41) is 10.0. The second-order valence-electron chi connectivity index (χ2n) is 6.40. The molecule has 1 N–H and O–H groups in total. The Labute approximate surface area is 121 Å². The highest BCUT2D eigenvalue weighted by Crippen LogP contribution is 2.23. The molecule has 5 heteroatoms. The van der Waals surface area contributed by atoms with E-state index in [-0.39, 0.29) is 18.9 Å². The molecule has 0 amide bonds. The van der Waals surface area contributed by atoms with Gasteiger partial charge in [0.25, 0.3) is 0 Å². The van der Waals surface area contributed by atoms with Gasteiger partial charge in [-0.05, 0) is 53.5 Å². The molecule has 1 heterocycles. The first-order valence-corrected chi connectivity index (χ1v) is 7.34.